The molecule has 1 atom stereocenters. The van der Waals surface area contributed by atoms with Crippen LogP contribution in [-0.2, 0) is 9.53 Å². The monoisotopic (exact) mass is 422 g/mol. The molecule has 1 saturated heterocycles. The third-order valence-corrected chi connectivity index (χ3v) is 6.66. The maximum Gasteiger partial charge on any atom is 0.248 e. The number of ether oxygens (including phenoxy) is 1. The summed E-state index contributed by atoms with van der Waals surface area (Å²) in [5.41, 5.74) is 7.72. The number of fused-ring (bicyclic) bond motifs is 1. The summed E-state index contributed by atoms with van der Waals surface area (Å²) in [5.74, 6) is 1.08. The molecule has 1 fully saturated rings. The van der Waals surface area contributed by atoms with Gasteiger partial charge in [0.2, 0.25) is 5.91 Å². The van der Waals surface area contributed by atoms with Crippen LogP contribution in [0.4, 0.5) is 5.82 Å². The second-order valence-corrected chi connectivity index (χ2v) is 8.56. The van der Waals surface area contributed by atoms with Crippen molar-refractivity contribution in [2.45, 2.75) is 6.10 Å². The van der Waals surface area contributed by atoms with Gasteiger partial charge in [0.1, 0.15) is 10.6 Å². The summed E-state index contributed by atoms with van der Waals surface area (Å²) in [5, 5.41) is 5.15. The molecule has 0 saturated carbocycles. The number of benzene rings is 1. The number of amides is 1. The number of morpholine rings is 1. The fourth-order valence-electron chi connectivity index (χ4n) is 3.51. The number of primary amides is 1. The number of anilines is 1. The van der Waals surface area contributed by atoms with Gasteiger partial charge in [0.15, 0.2) is 11.9 Å². The van der Waals surface area contributed by atoms with Crippen molar-refractivity contribution in [3.63, 3.8) is 0 Å². The molecular formula is C21H18N4O2S2. The van der Waals surface area contributed by atoms with Crippen molar-refractivity contribution in [2.75, 3.05) is 24.6 Å². The Labute approximate surface area is 175 Å². The smallest absolute Gasteiger partial charge is 0.248 e. The minimum Gasteiger partial charge on any atom is -0.367 e. The molecule has 4 aromatic rings. The number of carbonyl (C=O) groups excluding carboxylic acids is 1. The lowest BCUT2D eigenvalue weighted by molar-refractivity contribution is -0.130. The molecule has 8 heteroatoms. The van der Waals surface area contributed by atoms with Gasteiger partial charge in [0.25, 0.3) is 0 Å². The molecule has 0 aliphatic carbocycles. The number of hydrogen-bond donors (Lipinski definition) is 1. The molecule has 4 heterocycles. The van der Waals surface area contributed by atoms with Gasteiger partial charge < -0.3 is 15.4 Å². The van der Waals surface area contributed by atoms with E-state index in [0.29, 0.717) is 25.5 Å². The van der Waals surface area contributed by atoms with Crippen molar-refractivity contribution >= 4 is 44.6 Å². The van der Waals surface area contributed by atoms with Crippen LogP contribution < -0.4 is 10.6 Å². The second kappa shape index (κ2) is 7.55. The predicted octanol–water partition coefficient (Wildman–Crippen LogP) is 3.78. The minimum absolute atomic E-state index is 0.384. The molecule has 0 bridgehead atoms. The number of nitrogens with two attached hydrogens (primary N) is 1. The van der Waals surface area contributed by atoms with Crippen molar-refractivity contribution in [3.05, 3.63) is 53.2 Å². The van der Waals surface area contributed by atoms with Crippen molar-refractivity contribution in [1.29, 1.82) is 0 Å². The highest BCUT2D eigenvalue weighted by atomic mass is 32.1. The molecule has 1 amide bonds. The lowest BCUT2D eigenvalue weighted by Gasteiger charge is -2.32. The Balaban J connectivity index is 1.70. The zero-order valence-corrected chi connectivity index (χ0v) is 17.1. The molecule has 1 aliphatic heterocycles. The maximum atomic E-state index is 11.7. The van der Waals surface area contributed by atoms with Crippen LogP contribution in [0.1, 0.15) is 0 Å². The molecule has 2 N–H and O–H groups in total. The van der Waals surface area contributed by atoms with Crippen LogP contribution in [0.15, 0.2) is 53.2 Å². The van der Waals surface area contributed by atoms with Crippen molar-refractivity contribution in [2.24, 2.45) is 5.73 Å². The number of nitrogens with zero attached hydrogens (tertiary/aromatic N) is 3. The average Bonchev–Trinajstić information content (AvgIpc) is 3.44. The van der Waals surface area contributed by atoms with E-state index in [9.17, 15) is 4.79 Å². The normalized spacial score (nSPS) is 17.0. The molecular weight excluding hydrogens is 404 g/mol. The van der Waals surface area contributed by atoms with Crippen LogP contribution in [0.25, 0.3) is 32.0 Å². The van der Waals surface area contributed by atoms with Gasteiger partial charge in [-0.2, -0.15) is 0 Å². The van der Waals surface area contributed by atoms with Gasteiger partial charge >= 0.3 is 0 Å². The Morgan fingerprint density at radius 3 is 2.76 bits per heavy atom. The molecule has 1 aromatic carbocycles. The largest absolute Gasteiger partial charge is 0.367 e. The molecule has 0 spiro atoms. The summed E-state index contributed by atoms with van der Waals surface area (Å²) in [4.78, 5) is 25.6. The van der Waals surface area contributed by atoms with Gasteiger partial charge in [-0.25, -0.2) is 9.97 Å². The number of rotatable bonds is 4. The Morgan fingerprint density at radius 1 is 1.14 bits per heavy atom. The molecule has 1 unspecified atom stereocenters. The van der Waals surface area contributed by atoms with Gasteiger partial charge in [0, 0.05) is 17.5 Å². The van der Waals surface area contributed by atoms with Gasteiger partial charge in [-0.05, 0) is 17.0 Å². The SMILES string of the molecule is NC(=O)C1CN(c2nc(-c3cccs3)nc3scc(-c4ccccc4)c23)CCO1. The highest BCUT2D eigenvalue weighted by Crippen LogP contribution is 2.40. The predicted molar refractivity (Wildman–Crippen MR) is 117 cm³/mol. The summed E-state index contributed by atoms with van der Waals surface area (Å²) in [6.07, 6.45) is -0.641. The lowest BCUT2D eigenvalue weighted by atomic mass is 10.1. The molecule has 5 rings (SSSR count). The van der Waals surface area contributed by atoms with E-state index >= 15 is 0 Å². The first-order chi connectivity index (χ1) is 14.2. The Bertz CT molecular complexity index is 1160. The number of aromatic nitrogens is 2. The average molecular weight is 423 g/mol. The standard InChI is InChI=1S/C21H18N4O2S2/c22-18(26)15-11-25(8-9-27-15)20-17-14(13-5-2-1-3-6-13)12-29-21(17)24-19(23-20)16-7-4-10-28-16/h1-7,10,12,15H,8-9,11H2,(H2,22,26). The van der Waals surface area contributed by atoms with Crippen LogP contribution in [0.3, 0.4) is 0 Å². The highest BCUT2D eigenvalue weighted by molar-refractivity contribution is 7.17. The van der Waals surface area contributed by atoms with E-state index in [0.717, 1.165) is 32.0 Å². The first-order valence-corrected chi connectivity index (χ1v) is 11.0. The molecule has 0 radical (unpaired) electrons. The van der Waals surface area contributed by atoms with Gasteiger partial charge in [-0.15, -0.1) is 22.7 Å². The first-order valence-electron chi connectivity index (χ1n) is 9.25. The Morgan fingerprint density at radius 2 is 2.00 bits per heavy atom. The van der Waals surface area contributed by atoms with E-state index in [1.165, 1.54) is 0 Å². The fraction of sp³-hybridized carbons (Fsp3) is 0.190. The lowest BCUT2D eigenvalue weighted by Crippen LogP contribution is -2.48. The van der Waals surface area contributed by atoms with Crippen molar-refractivity contribution in [1.82, 2.24) is 9.97 Å². The van der Waals surface area contributed by atoms with Crippen LogP contribution in [0, 0.1) is 0 Å². The zero-order valence-electron chi connectivity index (χ0n) is 15.4. The first kappa shape index (κ1) is 18.2. The van der Waals surface area contributed by atoms with Crippen molar-refractivity contribution in [3.8, 4) is 21.8 Å². The van der Waals surface area contributed by atoms with E-state index in [4.69, 9.17) is 20.4 Å². The van der Waals surface area contributed by atoms with E-state index in [1.807, 2.05) is 35.7 Å². The Hall–Kier alpha value is -2.81. The maximum absolute atomic E-state index is 11.7. The summed E-state index contributed by atoms with van der Waals surface area (Å²) < 4.78 is 5.55. The van der Waals surface area contributed by atoms with Gasteiger partial charge in [0.05, 0.1) is 23.4 Å². The zero-order chi connectivity index (χ0) is 19.8. The van der Waals surface area contributed by atoms with Crippen LogP contribution >= 0.6 is 22.7 Å². The summed E-state index contributed by atoms with van der Waals surface area (Å²) in [7, 11) is 0. The number of thiophene rings is 2. The number of carbonyl (C=O) groups is 1. The Kier molecular flexibility index (Phi) is 4.75. The molecule has 6 nitrogen and oxygen atoms in total. The van der Waals surface area contributed by atoms with E-state index in [1.54, 1.807) is 22.7 Å². The molecule has 3 aromatic heterocycles. The van der Waals surface area contributed by atoms with Gasteiger partial charge in [-0.1, -0.05) is 36.4 Å². The van der Waals surface area contributed by atoms with E-state index in [2.05, 4.69) is 22.4 Å². The molecule has 29 heavy (non-hydrogen) atoms. The van der Waals surface area contributed by atoms with Crippen LogP contribution in [0.5, 0.6) is 0 Å². The summed E-state index contributed by atoms with van der Waals surface area (Å²) >= 11 is 3.22. The topological polar surface area (TPSA) is 81.3 Å². The highest BCUT2D eigenvalue weighted by Gasteiger charge is 2.28. The minimum atomic E-state index is -0.641. The third-order valence-electron chi connectivity index (χ3n) is 4.92. The third kappa shape index (κ3) is 3.39. The quantitative estimate of drug-likeness (QED) is 0.541. The summed E-state index contributed by atoms with van der Waals surface area (Å²) in [6.45, 7) is 1.46. The van der Waals surface area contributed by atoms with Gasteiger partial charge in [-0.3, -0.25) is 4.79 Å². The molecule has 146 valence electrons. The van der Waals surface area contributed by atoms with Crippen LogP contribution in [-0.4, -0.2) is 41.7 Å². The fourth-order valence-corrected chi connectivity index (χ4v) is 5.11. The van der Waals surface area contributed by atoms with Crippen molar-refractivity contribution < 1.29 is 9.53 Å². The summed E-state index contributed by atoms with van der Waals surface area (Å²) in [6, 6.07) is 14.2. The van der Waals surface area contributed by atoms with E-state index in [-0.39, 0.29) is 0 Å². The van der Waals surface area contributed by atoms with Crippen LogP contribution in [0.2, 0.25) is 0 Å². The second-order valence-electron chi connectivity index (χ2n) is 6.75. The molecule has 1 aliphatic rings. The number of hydrogen-bond acceptors (Lipinski definition) is 7. The van der Waals surface area contributed by atoms with E-state index < -0.39 is 12.0 Å².